The Kier molecular flexibility index (Phi) is 4.79. The fourth-order valence-corrected chi connectivity index (χ4v) is 2.94. The van der Waals surface area contributed by atoms with Crippen molar-refractivity contribution in [2.75, 3.05) is 12.8 Å². The van der Waals surface area contributed by atoms with Crippen LogP contribution in [0.4, 0.5) is 0 Å². The Bertz CT molecular complexity index is 709. The van der Waals surface area contributed by atoms with Crippen LogP contribution < -0.4 is 5.73 Å². The number of nitrogens with two attached hydrogens (primary N) is 1. The van der Waals surface area contributed by atoms with Gasteiger partial charge >= 0.3 is 7.12 Å². The maximum absolute atomic E-state index is 11.7. The van der Waals surface area contributed by atoms with E-state index in [9.17, 15) is 8.42 Å². The topological polar surface area (TPSA) is 78.6 Å². The predicted octanol–water partition coefficient (Wildman–Crippen LogP) is 2.06. The fourth-order valence-electron chi connectivity index (χ4n) is 2.27. The zero-order chi connectivity index (χ0) is 17.5. The van der Waals surface area contributed by atoms with Crippen molar-refractivity contribution in [3.63, 3.8) is 0 Å². The summed E-state index contributed by atoms with van der Waals surface area (Å²) in [6, 6.07) is 6.73. The van der Waals surface area contributed by atoms with Crippen molar-refractivity contribution < 1.29 is 17.7 Å². The molecular formula is C16H24BNO4S. The lowest BCUT2D eigenvalue weighted by molar-refractivity contribution is 0.00578. The van der Waals surface area contributed by atoms with Gasteiger partial charge in [-0.2, -0.15) is 0 Å². The molecule has 0 spiro atoms. The summed E-state index contributed by atoms with van der Waals surface area (Å²) in [5.41, 5.74) is 6.49. The van der Waals surface area contributed by atoms with Crippen LogP contribution in [0.5, 0.6) is 0 Å². The van der Waals surface area contributed by atoms with E-state index in [4.69, 9.17) is 15.0 Å². The Hall–Kier alpha value is -1.15. The summed E-state index contributed by atoms with van der Waals surface area (Å²) in [4.78, 5) is 0.275. The lowest BCUT2D eigenvalue weighted by Gasteiger charge is -2.32. The van der Waals surface area contributed by atoms with Crippen LogP contribution in [0, 0.1) is 0 Å². The molecule has 1 saturated heterocycles. The Morgan fingerprint density at radius 1 is 1.22 bits per heavy atom. The number of hydrogen-bond acceptors (Lipinski definition) is 5. The van der Waals surface area contributed by atoms with Crippen LogP contribution >= 0.6 is 0 Å². The van der Waals surface area contributed by atoms with Gasteiger partial charge in [-0.3, -0.25) is 0 Å². The molecule has 1 aliphatic rings. The lowest BCUT2D eigenvalue weighted by atomic mass is 9.77. The van der Waals surface area contributed by atoms with Crippen LogP contribution in [0.3, 0.4) is 0 Å². The van der Waals surface area contributed by atoms with E-state index in [1.54, 1.807) is 18.2 Å². The van der Waals surface area contributed by atoms with Crippen molar-refractivity contribution in [2.45, 2.75) is 43.8 Å². The van der Waals surface area contributed by atoms with Gasteiger partial charge in [0.1, 0.15) is 0 Å². The molecule has 0 saturated carbocycles. The molecule has 5 nitrogen and oxygen atoms in total. The van der Waals surface area contributed by atoms with E-state index < -0.39 is 28.2 Å². The van der Waals surface area contributed by atoms with Crippen molar-refractivity contribution in [2.24, 2.45) is 5.73 Å². The van der Waals surface area contributed by atoms with Crippen molar-refractivity contribution in [3.8, 4) is 0 Å². The zero-order valence-electron chi connectivity index (χ0n) is 14.3. The summed E-state index contributed by atoms with van der Waals surface area (Å²) in [5.74, 6) is 0. The van der Waals surface area contributed by atoms with Gasteiger partial charge in [0.15, 0.2) is 9.84 Å². The van der Waals surface area contributed by atoms with E-state index in [0.29, 0.717) is 0 Å². The van der Waals surface area contributed by atoms with Gasteiger partial charge in [0.05, 0.1) is 16.1 Å². The van der Waals surface area contributed by atoms with E-state index in [0.717, 1.165) is 11.0 Å². The molecule has 1 fully saturated rings. The van der Waals surface area contributed by atoms with Crippen molar-refractivity contribution in [1.29, 1.82) is 0 Å². The molecule has 0 radical (unpaired) electrons. The first-order valence-corrected chi connectivity index (χ1v) is 9.42. The number of benzene rings is 1. The van der Waals surface area contributed by atoms with Crippen LogP contribution in [0.2, 0.25) is 0 Å². The highest BCUT2D eigenvalue weighted by Crippen LogP contribution is 2.38. The molecule has 2 N–H and O–H groups in total. The Morgan fingerprint density at radius 2 is 1.78 bits per heavy atom. The van der Waals surface area contributed by atoms with Crippen LogP contribution in [0.1, 0.15) is 33.3 Å². The maximum Gasteiger partial charge on any atom is 0.491 e. The summed E-state index contributed by atoms with van der Waals surface area (Å²) in [5, 5.41) is 0. The molecule has 0 atom stereocenters. The quantitative estimate of drug-likeness (QED) is 0.851. The van der Waals surface area contributed by atoms with Gasteiger partial charge in [0.25, 0.3) is 0 Å². The molecular weight excluding hydrogens is 313 g/mol. The van der Waals surface area contributed by atoms with E-state index >= 15 is 0 Å². The Morgan fingerprint density at radius 3 is 2.26 bits per heavy atom. The normalized spacial score (nSPS) is 20.8. The molecule has 0 aliphatic carbocycles. The summed E-state index contributed by atoms with van der Waals surface area (Å²) in [6.07, 6.45) is 3.02. The minimum atomic E-state index is -3.25. The minimum Gasteiger partial charge on any atom is -0.400 e. The monoisotopic (exact) mass is 337 g/mol. The SMILES string of the molecule is CC1(C)OB(C(=Cc2cccc(S(C)(=O)=O)c2)CN)OC1(C)C. The van der Waals surface area contributed by atoms with Crippen LogP contribution in [-0.4, -0.2) is 39.5 Å². The second-order valence-corrected chi connectivity index (χ2v) is 8.87. The summed E-state index contributed by atoms with van der Waals surface area (Å²) >= 11 is 0. The average molecular weight is 337 g/mol. The first kappa shape index (κ1) is 18.2. The smallest absolute Gasteiger partial charge is 0.400 e. The van der Waals surface area contributed by atoms with Crippen LogP contribution in [0.25, 0.3) is 6.08 Å². The molecule has 1 aliphatic heterocycles. The largest absolute Gasteiger partial charge is 0.491 e. The molecule has 1 aromatic carbocycles. The molecule has 126 valence electrons. The van der Waals surface area contributed by atoms with Gasteiger partial charge in [0.2, 0.25) is 0 Å². The molecule has 7 heteroatoms. The van der Waals surface area contributed by atoms with E-state index in [1.807, 2.05) is 39.8 Å². The lowest BCUT2D eigenvalue weighted by Crippen LogP contribution is -2.41. The van der Waals surface area contributed by atoms with Gasteiger partial charge in [-0.25, -0.2) is 8.42 Å². The molecule has 1 aromatic rings. The van der Waals surface area contributed by atoms with Gasteiger partial charge < -0.3 is 15.0 Å². The highest BCUT2D eigenvalue weighted by Gasteiger charge is 2.52. The average Bonchev–Trinajstić information content (AvgIpc) is 2.64. The minimum absolute atomic E-state index is 0.264. The summed E-state index contributed by atoms with van der Waals surface area (Å²) in [6.45, 7) is 8.17. The van der Waals surface area contributed by atoms with E-state index in [1.165, 1.54) is 6.26 Å². The third-order valence-corrected chi connectivity index (χ3v) is 5.54. The van der Waals surface area contributed by atoms with E-state index in [2.05, 4.69) is 0 Å². The molecule has 23 heavy (non-hydrogen) atoms. The first-order chi connectivity index (χ1) is 10.5. The number of rotatable bonds is 4. The Labute approximate surface area is 138 Å². The highest BCUT2D eigenvalue weighted by molar-refractivity contribution is 7.90. The number of sulfone groups is 1. The second-order valence-electron chi connectivity index (χ2n) is 6.86. The van der Waals surface area contributed by atoms with Crippen molar-refractivity contribution in [1.82, 2.24) is 0 Å². The Balaban J connectivity index is 2.34. The van der Waals surface area contributed by atoms with Gasteiger partial charge in [0, 0.05) is 12.8 Å². The van der Waals surface area contributed by atoms with Crippen LogP contribution in [0.15, 0.2) is 34.6 Å². The van der Waals surface area contributed by atoms with Crippen LogP contribution in [-0.2, 0) is 19.1 Å². The highest BCUT2D eigenvalue weighted by atomic mass is 32.2. The van der Waals surface area contributed by atoms with Gasteiger partial charge in [-0.1, -0.05) is 18.2 Å². The molecule has 0 unspecified atom stereocenters. The van der Waals surface area contributed by atoms with Gasteiger partial charge in [-0.15, -0.1) is 0 Å². The third kappa shape index (κ3) is 3.85. The first-order valence-electron chi connectivity index (χ1n) is 7.52. The molecule has 0 amide bonds. The molecule has 0 aromatic heterocycles. The summed E-state index contributed by atoms with van der Waals surface area (Å²) < 4.78 is 35.3. The maximum atomic E-state index is 11.7. The fraction of sp³-hybridized carbons (Fsp3) is 0.500. The number of hydrogen-bond donors (Lipinski definition) is 1. The molecule has 2 rings (SSSR count). The molecule has 0 bridgehead atoms. The van der Waals surface area contributed by atoms with Gasteiger partial charge in [-0.05, 0) is 50.9 Å². The summed E-state index contributed by atoms with van der Waals surface area (Å²) in [7, 11) is -3.78. The molecule has 1 heterocycles. The predicted molar refractivity (Wildman–Crippen MR) is 92.7 cm³/mol. The zero-order valence-corrected chi connectivity index (χ0v) is 15.1. The van der Waals surface area contributed by atoms with Crippen molar-refractivity contribution in [3.05, 3.63) is 35.3 Å². The van der Waals surface area contributed by atoms with Crippen molar-refractivity contribution >= 4 is 23.0 Å². The van der Waals surface area contributed by atoms with E-state index in [-0.39, 0.29) is 11.4 Å². The third-order valence-electron chi connectivity index (χ3n) is 4.43. The second kappa shape index (κ2) is 6.05. The standard InChI is InChI=1S/C16H24BNO4S/c1-15(2)16(3,4)22-17(21-15)13(11-18)9-12-7-6-8-14(10-12)23(5,19)20/h6-10H,11,18H2,1-5H3.